The first-order chi connectivity index (χ1) is 9.06. The van der Waals surface area contributed by atoms with Gasteiger partial charge in [0.2, 0.25) is 0 Å². The average Bonchev–Trinajstić information content (AvgIpc) is 2.47. The Morgan fingerprint density at radius 1 is 1.11 bits per heavy atom. The molecule has 2 aromatic carbocycles. The monoisotopic (exact) mass is 254 g/mol. The molecular weight excluding hydrogens is 236 g/mol. The maximum atomic E-state index is 10.2. The van der Waals surface area contributed by atoms with Crippen LogP contribution in [0.25, 0.3) is 11.1 Å². The van der Waals surface area contributed by atoms with E-state index in [-0.39, 0.29) is 0 Å². The van der Waals surface area contributed by atoms with E-state index in [9.17, 15) is 5.11 Å². The smallest absolute Gasteiger partial charge is 0.119 e. The van der Waals surface area contributed by atoms with E-state index in [4.69, 9.17) is 4.74 Å². The quantitative estimate of drug-likeness (QED) is 0.842. The zero-order valence-electron chi connectivity index (χ0n) is 11.3. The van der Waals surface area contributed by atoms with E-state index in [1.807, 2.05) is 48.5 Å². The number of hydrogen-bond acceptors (Lipinski definition) is 2. The molecule has 0 spiro atoms. The lowest BCUT2D eigenvalue weighted by molar-refractivity contribution is 0.112. The van der Waals surface area contributed by atoms with Crippen molar-refractivity contribution in [2.24, 2.45) is 0 Å². The van der Waals surface area contributed by atoms with Crippen LogP contribution in [-0.2, 0) is 5.60 Å². The van der Waals surface area contributed by atoms with Gasteiger partial charge < -0.3 is 9.84 Å². The molecule has 1 unspecified atom stereocenters. The average molecular weight is 254 g/mol. The molecule has 0 aliphatic rings. The molecule has 0 radical (unpaired) electrons. The summed E-state index contributed by atoms with van der Waals surface area (Å²) in [7, 11) is 1.65. The maximum absolute atomic E-state index is 10.2. The minimum atomic E-state index is -1.02. The van der Waals surface area contributed by atoms with Crippen LogP contribution < -0.4 is 4.74 Å². The Hall–Kier alpha value is -2.06. The number of rotatable bonds is 4. The summed E-state index contributed by atoms with van der Waals surface area (Å²) >= 11 is 0. The van der Waals surface area contributed by atoms with Gasteiger partial charge >= 0.3 is 0 Å². The van der Waals surface area contributed by atoms with Crippen molar-refractivity contribution in [2.45, 2.75) is 12.5 Å². The first-order valence-electron chi connectivity index (χ1n) is 6.18. The summed E-state index contributed by atoms with van der Waals surface area (Å²) in [5.41, 5.74) is 1.90. The summed E-state index contributed by atoms with van der Waals surface area (Å²) in [6.07, 6.45) is 1.54. The number of ether oxygens (including phenoxy) is 1. The number of benzene rings is 2. The van der Waals surface area contributed by atoms with Crippen molar-refractivity contribution in [3.05, 3.63) is 66.7 Å². The van der Waals surface area contributed by atoms with Gasteiger partial charge in [-0.05, 0) is 41.8 Å². The minimum Gasteiger partial charge on any atom is -0.497 e. The Bertz CT molecular complexity index is 585. The van der Waals surface area contributed by atoms with Crippen LogP contribution in [0.15, 0.2) is 61.2 Å². The van der Waals surface area contributed by atoms with Crippen LogP contribution in [0.4, 0.5) is 0 Å². The van der Waals surface area contributed by atoms with Gasteiger partial charge in [0.1, 0.15) is 11.4 Å². The van der Waals surface area contributed by atoms with Gasteiger partial charge in [-0.3, -0.25) is 0 Å². The molecular formula is C17H18O2. The third-order valence-corrected chi connectivity index (χ3v) is 3.25. The van der Waals surface area contributed by atoms with Crippen molar-refractivity contribution in [2.75, 3.05) is 7.11 Å². The summed E-state index contributed by atoms with van der Waals surface area (Å²) in [6, 6.07) is 15.7. The Labute approximate surface area is 114 Å². The van der Waals surface area contributed by atoms with Crippen LogP contribution in [0, 0.1) is 0 Å². The predicted octanol–water partition coefficient (Wildman–Crippen LogP) is 3.76. The van der Waals surface area contributed by atoms with Crippen molar-refractivity contribution in [1.29, 1.82) is 0 Å². The highest BCUT2D eigenvalue weighted by Crippen LogP contribution is 2.28. The number of hydrogen-bond donors (Lipinski definition) is 1. The molecule has 0 aliphatic carbocycles. The van der Waals surface area contributed by atoms with Crippen molar-refractivity contribution in [1.82, 2.24) is 0 Å². The predicted molar refractivity (Wildman–Crippen MR) is 78.2 cm³/mol. The third kappa shape index (κ3) is 2.85. The third-order valence-electron chi connectivity index (χ3n) is 3.25. The second kappa shape index (κ2) is 5.29. The molecule has 0 fully saturated rings. The largest absolute Gasteiger partial charge is 0.497 e. The lowest BCUT2D eigenvalue weighted by Gasteiger charge is -2.19. The van der Waals surface area contributed by atoms with Crippen LogP contribution >= 0.6 is 0 Å². The number of aliphatic hydroxyl groups is 1. The van der Waals surface area contributed by atoms with Crippen molar-refractivity contribution >= 4 is 0 Å². The lowest BCUT2D eigenvalue weighted by Crippen LogP contribution is -2.16. The normalized spacial score (nSPS) is 13.6. The van der Waals surface area contributed by atoms with Gasteiger partial charge in [0, 0.05) is 0 Å². The van der Waals surface area contributed by atoms with Crippen LogP contribution in [-0.4, -0.2) is 12.2 Å². The first kappa shape index (κ1) is 13.4. The maximum Gasteiger partial charge on any atom is 0.119 e. The highest BCUT2D eigenvalue weighted by molar-refractivity contribution is 5.66. The molecule has 2 aromatic rings. The molecule has 98 valence electrons. The van der Waals surface area contributed by atoms with Crippen molar-refractivity contribution in [3.63, 3.8) is 0 Å². The van der Waals surface area contributed by atoms with Gasteiger partial charge in [-0.1, -0.05) is 43.0 Å². The highest BCUT2D eigenvalue weighted by Gasteiger charge is 2.18. The fourth-order valence-electron chi connectivity index (χ4n) is 1.93. The molecule has 2 nitrogen and oxygen atoms in total. The molecule has 0 aromatic heterocycles. The van der Waals surface area contributed by atoms with E-state index < -0.39 is 5.60 Å². The second-order valence-electron chi connectivity index (χ2n) is 4.66. The Kier molecular flexibility index (Phi) is 3.72. The SMILES string of the molecule is C=CC(C)(O)c1cccc(-c2cccc(OC)c2)c1. The van der Waals surface area contributed by atoms with Crippen LogP contribution in [0.2, 0.25) is 0 Å². The van der Waals surface area contributed by atoms with Gasteiger partial charge in [0.15, 0.2) is 0 Å². The molecule has 2 heteroatoms. The van der Waals surface area contributed by atoms with E-state index in [1.165, 1.54) is 6.08 Å². The van der Waals surface area contributed by atoms with Gasteiger partial charge in [0.05, 0.1) is 7.11 Å². The topological polar surface area (TPSA) is 29.5 Å². The van der Waals surface area contributed by atoms with Gasteiger partial charge in [-0.15, -0.1) is 0 Å². The molecule has 1 atom stereocenters. The molecule has 0 saturated carbocycles. The fraction of sp³-hybridized carbons (Fsp3) is 0.176. The molecule has 0 amide bonds. The van der Waals surface area contributed by atoms with Crippen molar-refractivity contribution in [3.8, 4) is 16.9 Å². The van der Waals surface area contributed by atoms with Crippen molar-refractivity contribution < 1.29 is 9.84 Å². The standard InChI is InChI=1S/C17H18O2/c1-4-17(2,18)15-9-5-7-13(11-15)14-8-6-10-16(12-14)19-3/h4-12,18H,1H2,2-3H3. The van der Waals surface area contributed by atoms with E-state index in [0.29, 0.717) is 0 Å². The Morgan fingerprint density at radius 2 is 1.74 bits per heavy atom. The van der Waals surface area contributed by atoms with Crippen LogP contribution in [0.1, 0.15) is 12.5 Å². The number of methoxy groups -OCH3 is 1. The molecule has 0 bridgehead atoms. The summed E-state index contributed by atoms with van der Waals surface area (Å²) in [5, 5.41) is 10.2. The van der Waals surface area contributed by atoms with Gasteiger partial charge in [-0.25, -0.2) is 0 Å². The summed E-state index contributed by atoms with van der Waals surface area (Å²) in [5.74, 6) is 0.818. The van der Waals surface area contributed by atoms with Gasteiger partial charge in [0.25, 0.3) is 0 Å². The molecule has 19 heavy (non-hydrogen) atoms. The van der Waals surface area contributed by atoms with Crippen LogP contribution in [0.3, 0.4) is 0 Å². The molecule has 2 rings (SSSR count). The highest BCUT2D eigenvalue weighted by atomic mass is 16.5. The lowest BCUT2D eigenvalue weighted by atomic mass is 9.93. The Balaban J connectivity index is 2.46. The molecule has 0 aliphatic heterocycles. The summed E-state index contributed by atoms with van der Waals surface area (Å²) < 4.78 is 5.23. The van der Waals surface area contributed by atoms with Crippen LogP contribution in [0.5, 0.6) is 5.75 Å². The van der Waals surface area contributed by atoms with E-state index >= 15 is 0 Å². The fourth-order valence-corrected chi connectivity index (χ4v) is 1.93. The molecule has 0 saturated heterocycles. The molecule has 0 heterocycles. The zero-order valence-corrected chi connectivity index (χ0v) is 11.3. The van der Waals surface area contributed by atoms with E-state index in [0.717, 1.165) is 22.4 Å². The second-order valence-corrected chi connectivity index (χ2v) is 4.66. The first-order valence-corrected chi connectivity index (χ1v) is 6.18. The Morgan fingerprint density at radius 3 is 2.37 bits per heavy atom. The van der Waals surface area contributed by atoms with Gasteiger partial charge in [-0.2, -0.15) is 0 Å². The molecule has 1 N–H and O–H groups in total. The van der Waals surface area contributed by atoms with E-state index in [2.05, 4.69) is 6.58 Å². The summed E-state index contributed by atoms with van der Waals surface area (Å²) in [6.45, 7) is 5.40. The zero-order chi connectivity index (χ0) is 13.9. The minimum absolute atomic E-state index is 0.818. The van der Waals surface area contributed by atoms with E-state index in [1.54, 1.807) is 14.0 Å². The summed E-state index contributed by atoms with van der Waals surface area (Å²) in [4.78, 5) is 0.